The Morgan fingerprint density at radius 2 is 2.25 bits per heavy atom. The van der Waals surface area contributed by atoms with E-state index in [2.05, 4.69) is 4.98 Å². The summed E-state index contributed by atoms with van der Waals surface area (Å²) < 4.78 is 0. The number of fused-ring (bicyclic) bond motifs is 1. The number of aliphatic hydroxyl groups is 1. The summed E-state index contributed by atoms with van der Waals surface area (Å²) in [5, 5.41) is 10.6. The van der Waals surface area contributed by atoms with Gasteiger partial charge in [-0.1, -0.05) is 29.8 Å². The average molecular weight is 182 g/mol. The van der Waals surface area contributed by atoms with Gasteiger partial charge >= 0.3 is 0 Å². The lowest BCUT2D eigenvalue weighted by atomic mass is 10.1. The Balaban J connectivity index is 2.81. The lowest BCUT2D eigenvalue weighted by Crippen LogP contribution is -1.83. The van der Waals surface area contributed by atoms with Gasteiger partial charge in [-0.15, -0.1) is 0 Å². The summed E-state index contributed by atoms with van der Waals surface area (Å²) >= 11 is 5.89. The Morgan fingerprint density at radius 3 is 3.00 bits per heavy atom. The first kappa shape index (κ1) is 7.65. The van der Waals surface area contributed by atoms with Gasteiger partial charge in [0.15, 0.2) is 0 Å². The highest BCUT2D eigenvalue weighted by Gasteiger charge is 2.03. The molecule has 0 unspecified atom stereocenters. The number of H-pyrrole nitrogens is 1. The summed E-state index contributed by atoms with van der Waals surface area (Å²) in [5.41, 5.74) is 1.80. The quantitative estimate of drug-likeness (QED) is 0.696. The largest absolute Gasteiger partial charge is 0.392 e. The second kappa shape index (κ2) is 2.81. The fourth-order valence-corrected chi connectivity index (χ4v) is 1.53. The maximum atomic E-state index is 8.98. The predicted molar refractivity (Wildman–Crippen MR) is 49.2 cm³/mol. The number of para-hydroxylation sites is 1. The van der Waals surface area contributed by atoms with Crippen LogP contribution in [0.15, 0.2) is 24.4 Å². The number of aromatic amines is 1. The molecule has 1 aromatic carbocycles. The minimum absolute atomic E-state index is 0.0359. The summed E-state index contributed by atoms with van der Waals surface area (Å²) in [4.78, 5) is 3.02. The number of rotatable bonds is 1. The van der Waals surface area contributed by atoms with Crippen LogP contribution in [0.1, 0.15) is 5.56 Å². The van der Waals surface area contributed by atoms with Gasteiger partial charge in [0, 0.05) is 17.1 Å². The predicted octanol–water partition coefficient (Wildman–Crippen LogP) is 2.31. The number of hydrogen-bond donors (Lipinski definition) is 2. The van der Waals surface area contributed by atoms with Crippen molar-refractivity contribution in [1.82, 2.24) is 4.98 Å². The molecule has 3 heteroatoms. The van der Waals surface area contributed by atoms with Crippen molar-refractivity contribution in [3.8, 4) is 0 Å². The van der Waals surface area contributed by atoms with E-state index in [0.717, 1.165) is 16.5 Å². The summed E-state index contributed by atoms with van der Waals surface area (Å²) in [7, 11) is 0. The van der Waals surface area contributed by atoms with E-state index in [-0.39, 0.29) is 6.61 Å². The molecule has 0 saturated heterocycles. The van der Waals surface area contributed by atoms with Gasteiger partial charge in [0.1, 0.15) is 0 Å². The third-order valence-electron chi connectivity index (χ3n) is 1.92. The monoisotopic (exact) mass is 181 g/mol. The number of aromatic nitrogens is 1. The Labute approximate surface area is 74.8 Å². The number of halogens is 1. The Kier molecular flexibility index (Phi) is 1.79. The van der Waals surface area contributed by atoms with Gasteiger partial charge in [-0.2, -0.15) is 0 Å². The first-order valence-electron chi connectivity index (χ1n) is 3.68. The molecular formula is C9H8ClNO. The normalized spacial score (nSPS) is 10.8. The van der Waals surface area contributed by atoms with E-state index in [0.29, 0.717) is 5.02 Å². The number of hydrogen-bond acceptors (Lipinski definition) is 1. The van der Waals surface area contributed by atoms with Crippen LogP contribution in [-0.2, 0) is 6.61 Å². The Morgan fingerprint density at radius 1 is 1.42 bits per heavy atom. The lowest BCUT2D eigenvalue weighted by molar-refractivity contribution is 0.283. The molecule has 0 aliphatic rings. The van der Waals surface area contributed by atoms with E-state index in [1.807, 2.05) is 18.2 Å². The van der Waals surface area contributed by atoms with Crippen LogP contribution in [0.5, 0.6) is 0 Å². The van der Waals surface area contributed by atoms with Gasteiger partial charge in [-0.3, -0.25) is 0 Å². The van der Waals surface area contributed by atoms with E-state index >= 15 is 0 Å². The second-order valence-corrected chi connectivity index (χ2v) is 3.04. The smallest absolute Gasteiger partial charge is 0.0702 e. The van der Waals surface area contributed by atoms with Crippen molar-refractivity contribution in [3.63, 3.8) is 0 Å². The zero-order valence-electron chi connectivity index (χ0n) is 6.34. The van der Waals surface area contributed by atoms with Crippen molar-refractivity contribution < 1.29 is 5.11 Å². The maximum Gasteiger partial charge on any atom is 0.0702 e. The van der Waals surface area contributed by atoms with Gasteiger partial charge in [0.05, 0.1) is 17.1 Å². The molecule has 0 spiro atoms. The standard InChI is InChI=1S/C9H8ClNO/c10-8-4-11-9-6(5-12)2-1-3-7(8)9/h1-4,11-12H,5H2. The lowest BCUT2D eigenvalue weighted by Gasteiger charge is -1.97. The van der Waals surface area contributed by atoms with Crippen molar-refractivity contribution in [1.29, 1.82) is 0 Å². The molecule has 2 rings (SSSR count). The second-order valence-electron chi connectivity index (χ2n) is 2.63. The summed E-state index contributed by atoms with van der Waals surface area (Å²) in [6.07, 6.45) is 1.73. The molecular weight excluding hydrogens is 174 g/mol. The molecule has 0 fully saturated rings. The maximum absolute atomic E-state index is 8.98. The van der Waals surface area contributed by atoms with Crippen molar-refractivity contribution in [2.24, 2.45) is 0 Å². The van der Waals surface area contributed by atoms with E-state index < -0.39 is 0 Å². The highest BCUT2D eigenvalue weighted by Crippen LogP contribution is 2.25. The van der Waals surface area contributed by atoms with Crippen LogP contribution in [0, 0.1) is 0 Å². The molecule has 2 N–H and O–H groups in total. The zero-order chi connectivity index (χ0) is 8.55. The van der Waals surface area contributed by atoms with E-state index in [1.165, 1.54) is 0 Å². The highest BCUT2D eigenvalue weighted by molar-refractivity contribution is 6.35. The van der Waals surface area contributed by atoms with Gasteiger partial charge in [-0.25, -0.2) is 0 Å². The van der Waals surface area contributed by atoms with Crippen LogP contribution in [0.25, 0.3) is 10.9 Å². The van der Waals surface area contributed by atoms with Crippen molar-refractivity contribution >= 4 is 22.5 Å². The molecule has 0 aliphatic carbocycles. The summed E-state index contributed by atoms with van der Waals surface area (Å²) in [5.74, 6) is 0. The van der Waals surface area contributed by atoms with Crippen LogP contribution in [-0.4, -0.2) is 10.1 Å². The number of benzene rings is 1. The molecule has 2 aromatic rings. The molecule has 0 saturated carbocycles. The molecule has 1 heterocycles. The fourth-order valence-electron chi connectivity index (χ4n) is 1.31. The highest BCUT2D eigenvalue weighted by atomic mass is 35.5. The first-order chi connectivity index (χ1) is 5.83. The molecule has 0 atom stereocenters. The molecule has 0 aliphatic heterocycles. The fraction of sp³-hybridized carbons (Fsp3) is 0.111. The van der Waals surface area contributed by atoms with Crippen LogP contribution in [0.3, 0.4) is 0 Å². The van der Waals surface area contributed by atoms with Crippen LogP contribution in [0.4, 0.5) is 0 Å². The summed E-state index contributed by atoms with van der Waals surface area (Å²) in [6, 6.07) is 5.68. The van der Waals surface area contributed by atoms with Gasteiger partial charge < -0.3 is 10.1 Å². The van der Waals surface area contributed by atoms with E-state index in [4.69, 9.17) is 16.7 Å². The van der Waals surface area contributed by atoms with E-state index in [1.54, 1.807) is 6.20 Å². The molecule has 0 amide bonds. The van der Waals surface area contributed by atoms with Crippen molar-refractivity contribution in [2.45, 2.75) is 6.61 Å². The molecule has 2 nitrogen and oxygen atoms in total. The molecule has 0 radical (unpaired) electrons. The third kappa shape index (κ3) is 1.00. The minimum atomic E-state index is 0.0359. The van der Waals surface area contributed by atoms with Gasteiger partial charge in [0.25, 0.3) is 0 Å². The third-order valence-corrected chi connectivity index (χ3v) is 2.23. The molecule has 12 heavy (non-hydrogen) atoms. The van der Waals surface area contributed by atoms with E-state index in [9.17, 15) is 0 Å². The SMILES string of the molecule is OCc1cccc2c(Cl)c[nH]c12. The Bertz CT molecular complexity index is 408. The molecule has 0 bridgehead atoms. The van der Waals surface area contributed by atoms with Crippen molar-refractivity contribution in [3.05, 3.63) is 35.0 Å². The molecule has 1 aromatic heterocycles. The van der Waals surface area contributed by atoms with Gasteiger partial charge in [-0.05, 0) is 0 Å². The summed E-state index contributed by atoms with van der Waals surface area (Å²) in [6.45, 7) is 0.0359. The van der Waals surface area contributed by atoms with Gasteiger partial charge in [0.2, 0.25) is 0 Å². The first-order valence-corrected chi connectivity index (χ1v) is 4.06. The van der Waals surface area contributed by atoms with Crippen LogP contribution >= 0.6 is 11.6 Å². The average Bonchev–Trinajstić information content (AvgIpc) is 2.48. The van der Waals surface area contributed by atoms with Crippen LogP contribution in [0.2, 0.25) is 5.02 Å². The minimum Gasteiger partial charge on any atom is -0.392 e. The van der Waals surface area contributed by atoms with Crippen LogP contribution < -0.4 is 0 Å². The molecule has 62 valence electrons. The zero-order valence-corrected chi connectivity index (χ0v) is 7.10. The van der Waals surface area contributed by atoms with Crippen molar-refractivity contribution in [2.75, 3.05) is 0 Å². The number of aliphatic hydroxyl groups excluding tert-OH is 1. The Hall–Kier alpha value is -0.990. The number of nitrogens with one attached hydrogen (secondary N) is 1. The topological polar surface area (TPSA) is 36.0 Å².